The smallest absolute Gasteiger partial charge is 0.161 e. The van der Waals surface area contributed by atoms with Crippen LogP contribution in [0.2, 0.25) is 0 Å². The van der Waals surface area contributed by atoms with Crippen LogP contribution in [0.4, 0.5) is 0 Å². The number of aromatic nitrogens is 2. The van der Waals surface area contributed by atoms with Crippen molar-refractivity contribution in [1.29, 1.82) is 0 Å². The van der Waals surface area contributed by atoms with Crippen LogP contribution in [-0.2, 0) is 0 Å². The van der Waals surface area contributed by atoms with Crippen LogP contribution in [0.5, 0.6) is 11.5 Å². The Balaban J connectivity index is 2.39. The quantitative estimate of drug-likeness (QED) is 0.787. The van der Waals surface area contributed by atoms with Crippen molar-refractivity contribution < 1.29 is 9.47 Å². The Morgan fingerprint density at radius 3 is 2.42 bits per heavy atom. The Morgan fingerprint density at radius 2 is 1.74 bits per heavy atom. The van der Waals surface area contributed by atoms with Crippen molar-refractivity contribution in [3.63, 3.8) is 0 Å². The van der Waals surface area contributed by atoms with Gasteiger partial charge in [0.1, 0.15) is 10.9 Å². The molecular formula is C14H15BrN2O2. The highest BCUT2D eigenvalue weighted by atomic mass is 79.9. The molecule has 2 aromatic rings. The molecule has 0 saturated heterocycles. The fraction of sp³-hybridized carbons (Fsp3) is 0.286. The summed E-state index contributed by atoms with van der Waals surface area (Å²) >= 11 is 3.34. The molecule has 100 valence electrons. The Bertz CT molecular complexity index is 561. The van der Waals surface area contributed by atoms with Crippen LogP contribution in [0.15, 0.2) is 35.2 Å². The van der Waals surface area contributed by atoms with Crippen LogP contribution < -0.4 is 9.47 Å². The highest BCUT2D eigenvalue weighted by Crippen LogP contribution is 2.32. The summed E-state index contributed by atoms with van der Waals surface area (Å²) in [5.41, 5.74) is 1.81. The van der Waals surface area contributed by atoms with Crippen molar-refractivity contribution in [1.82, 2.24) is 9.97 Å². The van der Waals surface area contributed by atoms with Gasteiger partial charge in [-0.15, -0.1) is 0 Å². The number of hydrogen-bond acceptors (Lipinski definition) is 4. The minimum absolute atomic E-state index is 0.594. The molecule has 0 saturated carbocycles. The molecule has 1 aromatic carbocycles. The molecule has 0 unspecified atom stereocenters. The summed E-state index contributed by atoms with van der Waals surface area (Å²) in [6, 6.07) is 7.66. The monoisotopic (exact) mass is 322 g/mol. The van der Waals surface area contributed by atoms with Crippen molar-refractivity contribution >= 4 is 15.9 Å². The van der Waals surface area contributed by atoms with Gasteiger partial charge in [0.25, 0.3) is 0 Å². The zero-order valence-electron chi connectivity index (χ0n) is 10.9. The van der Waals surface area contributed by atoms with Gasteiger partial charge >= 0.3 is 0 Å². The lowest BCUT2D eigenvalue weighted by Crippen LogP contribution is -1.98. The van der Waals surface area contributed by atoms with Gasteiger partial charge in [-0.1, -0.05) is 0 Å². The molecule has 0 bridgehead atoms. The van der Waals surface area contributed by atoms with Crippen LogP contribution in [0.25, 0.3) is 11.3 Å². The average molecular weight is 323 g/mol. The molecule has 0 aliphatic rings. The van der Waals surface area contributed by atoms with Gasteiger partial charge in [-0.25, -0.2) is 9.97 Å². The third kappa shape index (κ3) is 3.44. The van der Waals surface area contributed by atoms with Crippen LogP contribution >= 0.6 is 15.9 Å². The van der Waals surface area contributed by atoms with E-state index in [0.717, 1.165) is 27.4 Å². The molecule has 5 heteroatoms. The van der Waals surface area contributed by atoms with E-state index in [1.807, 2.05) is 38.1 Å². The number of hydrogen-bond donors (Lipinski definition) is 0. The molecule has 0 radical (unpaired) electrons. The van der Waals surface area contributed by atoms with Gasteiger partial charge in [-0.05, 0) is 54.0 Å². The van der Waals surface area contributed by atoms with E-state index in [-0.39, 0.29) is 0 Å². The molecule has 1 heterocycles. The molecule has 1 aromatic heterocycles. The van der Waals surface area contributed by atoms with Crippen molar-refractivity contribution in [2.24, 2.45) is 0 Å². The predicted octanol–water partition coefficient (Wildman–Crippen LogP) is 3.70. The minimum Gasteiger partial charge on any atom is -0.490 e. The Hall–Kier alpha value is -1.62. The number of halogens is 1. The molecule has 4 nitrogen and oxygen atoms in total. The van der Waals surface area contributed by atoms with E-state index in [1.54, 1.807) is 0 Å². The summed E-state index contributed by atoms with van der Waals surface area (Å²) < 4.78 is 11.9. The molecule has 0 N–H and O–H groups in total. The first-order valence-corrected chi connectivity index (χ1v) is 6.91. The highest BCUT2D eigenvalue weighted by molar-refractivity contribution is 9.10. The van der Waals surface area contributed by atoms with Crippen LogP contribution in [0.1, 0.15) is 13.8 Å². The molecule has 2 rings (SSSR count). The Kier molecular flexibility index (Phi) is 4.74. The van der Waals surface area contributed by atoms with Gasteiger partial charge < -0.3 is 9.47 Å². The third-order valence-corrected chi connectivity index (χ3v) is 2.91. The topological polar surface area (TPSA) is 44.2 Å². The van der Waals surface area contributed by atoms with Crippen molar-refractivity contribution in [2.75, 3.05) is 13.2 Å². The summed E-state index contributed by atoms with van der Waals surface area (Å²) in [4.78, 5) is 8.27. The maximum absolute atomic E-state index is 5.60. The molecule has 0 atom stereocenters. The van der Waals surface area contributed by atoms with Gasteiger partial charge in [0.2, 0.25) is 0 Å². The van der Waals surface area contributed by atoms with Gasteiger partial charge in [0.15, 0.2) is 11.5 Å². The highest BCUT2D eigenvalue weighted by Gasteiger charge is 2.08. The van der Waals surface area contributed by atoms with E-state index < -0.39 is 0 Å². The third-order valence-electron chi connectivity index (χ3n) is 2.47. The van der Waals surface area contributed by atoms with E-state index >= 15 is 0 Å². The second kappa shape index (κ2) is 6.52. The van der Waals surface area contributed by atoms with E-state index in [2.05, 4.69) is 25.9 Å². The fourth-order valence-corrected chi connectivity index (χ4v) is 2.01. The lowest BCUT2D eigenvalue weighted by Gasteiger charge is -2.12. The van der Waals surface area contributed by atoms with E-state index in [4.69, 9.17) is 9.47 Å². The molecule has 0 aliphatic carbocycles. The lowest BCUT2D eigenvalue weighted by molar-refractivity contribution is 0.288. The maximum Gasteiger partial charge on any atom is 0.161 e. The van der Waals surface area contributed by atoms with Crippen LogP contribution in [0.3, 0.4) is 0 Å². The summed E-state index contributed by atoms with van der Waals surface area (Å²) in [7, 11) is 0. The summed E-state index contributed by atoms with van der Waals surface area (Å²) in [6.45, 7) is 5.10. The normalized spacial score (nSPS) is 10.3. The van der Waals surface area contributed by atoms with E-state index in [0.29, 0.717) is 13.2 Å². The molecule has 0 amide bonds. The number of benzene rings is 1. The molecule has 0 spiro atoms. The summed E-state index contributed by atoms with van der Waals surface area (Å²) in [6.07, 6.45) is 1.52. The van der Waals surface area contributed by atoms with Crippen molar-refractivity contribution in [3.05, 3.63) is 35.2 Å². The molecule has 19 heavy (non-hydrogen) atoms. The van der Waals surface area contributed by atoms with Crippen LogP contribution in [0, 0.1) is 0 Å². The van der Waals surface area contributed by atoms with Gasteiger partial charge in [0.05, 0.1) is 18.9 Å². The Morgan fingerprint density at radius 1 is 1.00 bits per heavy atom. The van der Waals surface area contributed by atoms with Gasteiger partial charge in [0, 0.05) is 5.56 Å². The van der Waals surface area contributed by atoms with Crippen molar-refractivity contribution in [3.8, 4) is 22.8 Å². The first kappa shape index (κ1) is 13.8. The largest absolute Gasteiger partial charge is 0.490 e. The standard InChI is InChI=1S/C14H15BrN2O2/c1-3-18-12-6-5-10(7-13(12)19-4-2)11-8-14(15)17-9-16-11/h5-9H,3-4H2,1-2H3. The number of nitrogens with zero attached hydrogens (tertiary/aromatic N) is 2. The van der Waals surface area contributed by atoms with E-state index in [9.17, 15) is 0 Å². The zero-order chi connectivity index (χ0) is 13.7. The second-order valence-electron chi connectivity index (χ2n) is 3.75. The molecule has 0 fully saturated rings. The summed E-state index contributed by atoms with van der Waals surface area (Å²) in [5.74, 6) is 1.48. The fourth-order valence-electron chi connectivity index (χ4n) is 1.70. The van der Waals surface area contributed by atoms with E-state index in [1.165, 1.54) is 6.33 Å². The minimum atomic E-state index is 0.594. The Labute approximate surface area is 120 Å². The molecular weight excluding hydrogens is 308 g/mol. The van der Waals surface area contributed by atoms with Crippen LogP contribution in [-0.4, -0.2) is 23.2 Å². The first-order chi connectivity index (χ1) is 9.24. The predicted molar refractivity (Wildman–Crippen MR) is 77.5 cm³/mol. The summed E-state index contributed by atoms with van der Waals surface area (Å²) in [5, 5.41) is 0. The maximum atomic E-state index is 5.60. The van der Waals surface area contributed by atoms with Gasteiger partial charge in [-0.3, -0.25) is 0 Å². The average Bonchev–Trinajstić information content (AvgIpc) is 2.41. The SMILES string of the molecule is CCOc1ccc(-c2cc(Br)ncn2)cc1OCC. The zero-order valence-corrected chi connectivity index (χ0v) is 12.5. The van der Waals surface area contributed by atoms with Crippen molar-refractivity contribution in [2.45, 2.75) is 13.8 Å². The molecule has 0 aliphatic heterocycles. The second-order valence-corrected chi connectivity index (χ2v) is 4.57. The number of ether oxygens (including phenoxy) is 2. The lowest BCUT2D eigenvalue weighted by atomic mass is 10.1. The first-order valence-electron chi connectivity index (χ1n) is 6.12. The number of rotatable bonds is 5. The van der Waals surface area contributed by atoms with Gasteiger partial charge in [-0.2, -0.15) is 0 Å².